The van der Waals surface area contributed by atoms with Crippen molar-refractivity contribution in [2.75, 3.05) is 6.61 Å². The third kappa shape index (κ3) is 4.99. The molecule has 1 aromatic heterocycles. The quantitative estimate of drug-likeness (QED) is 0.367. The van der Waals surface area contributed by atoms with Crippen LogP contribution >= 0.6 is 0 Å². The van der Waals surface area contributed by atoms with Crippen molar-refractivity contribution < 1.29 is 14.3 Å². The number of para-hydroxylation sites is 2. The fraction of sp³-hybridized carbons (Fsp3) is 0.0417. The Kier molecular flexibility index (Phi) is 5.96. The molecule has 0 aliphatic heterocycles. The minimum atomic E-state index is -0.365. The van der Waals surface area contributed by atoms with Crippen molar-refractivity contribution in [2.24, 2.45) is 5.10 Å². The second-order valence-corrected chi connectivity index (χ2v) is 6.40. The minimum Gasteiger partial charge on any atom is -0.481 e. The molecule has 4 rings (SSSR count). The molecule has 0 radical (unpaired) electrons. The molecule has 1 N–H and O–H groups in total. The van der Waals surface area contributed by atoms with Gasteiger partial charge >= 0.3 is 0 Å². The summed E-state index contributed by atoms with van der Waals surface area (Å²) in [6.45, 7) is -0.163. The summed E-state index contributed by atoms with van der Waals surface area (Å²) < 4.78 is 11.4. The van der Waals surface area contributed by atoms with Gasteiger partial charge in [-0.2, -0.15) is 5.10 Å². The summed E-state index contributed by atoms with van der Waals surface area (Å²) in [4.78, 5) is 16.4. The predicted molar refractivity (Wildman–Crippen MR) is 116 cm³/mol. The van der Waals surface area contributed by atoms with Crippen LogP contribution < -0.4 is 14.9 Å². The standard InChI is InChI=1S/C24H19N3O3/c28-23(17-29-22-13-5-8-19-9-6-14-25-24(19)22)27-26-16-18-7-4-12-21(15-18)30-20-10-2-1-3-11-20/h1-16H,17H2,(H,27,28)/b26-16-. The van der Waals surface area contributed by atoms with Gasteiger partial charge in [0.2, 0.25) is 0 Å². The third-order valence-electron chi connectivity index (χ3n) is 4.19. The summed E-state index contributed by atoms with van der Waals surface area (Å²) in [5, 5.41) is 4.94. The number of pyridine rings is 1. The van der Waals surface area contributed by atoms with Crippen LogP contribution in [0, 0.1) is 0 Å². The number of carbonyl (C=O) groups is 1. The van der Waals surface area contributed by atoms with Crippen LogP contribution in [0.15, 0.2) is 96.2 Å². The Balaban J connectivity index is 1.32. The van der Waals surface area contributed by atoms with Crippen molar-refractivity contribution in [3.8, 4) is 17.2 Å². The first-order valence-corrected chi connectivity index (χ1v) is 9.39. The van der Waals surface area contributed by atoms with Crippen LogP contribution in [-0.2, 0) is 4.79 Å². The Labute approximate surface area is 173 Å². The molecular weight excluding hydrogens is 378 g/mol. The normalized spacial score (nSPS) is 10.8. The van der Waals surface area contributed by atoms with E-state index in [4.69, 9.17) is 9.47 Å². The van der Waals surface area contributed by atoms with Crippen LogP contribution in [0.25, 0.3) is 10.9 Å². The second-order valence-electron chi connectivity index (χ2n) is 6.40. The van der Waals surface area contributed by atoms with Gasteiger partial charge in [0.15, 0.2) is 6.61 Å². The number of aromatic nitrogens is 1. The number of amides is 1. The highest BCUT2D eigenvalue weighted by Gasteiger charge is 2.06. The average Bonchev–Trinajstić information content (AvgIpc) is 2.79. The number of rotatable bonds is 7. The molecule has 0 unspecified atom stereocenters. The number of ether oxygens (including phenoxy) is 2. The van der Waals surface area contributed by atoms with Crippen LogP contribution in [0.3, 0.4) is 0 Å². The van der Waals surface area contributed by atoms with Gasteiger partial charge < -0.3 is 9.47 Å². The number of carbonyl (C=O) groups excluding carboxylic acids is 1. The van der Waals surface area contributed by atoms with Gasteiger partial charge in [-0.1, -0.05) is 48.5 Å². The van der Waals surface area contributed by atoms with Crippen LogP contribution in [0.4, 0.5) is 0 Å². The fourth-order valence-electron chi connectivity index (χ4n) is 2.83. The summed E-state index contributed by atoms with van der Waals surface area (Å²) in [5.74, 6) is 1.62. The molecule has 0 spiro atoms. The van der Waals surface area contributed by atoms with Crippen molar-refractivity contribution in [1.82, 2.24) is 10.4 Å². The monoisotopic (exact) mass is 397 g/mol. The fourth-order valence-corrected chi connectivity index (χ4v) is 2.83. The first-order valence-electron chi connectivity index (χ1n) is 9.39. The molecule has 0 aliphatic carbocycles. The van der Waals surface area contributed by atoms with E-state index in [1.54, 1.807) is 18.5 Å². The maximum atomic E-state index is 12.1. The summed E-state index contributed by atoms with van der Waals surface area (Å²) in [5.41, 5.74) is 3.97. The molecule has 0 atom stereocenters. The molecule has 1 heterocycles. The van der Waals surface area contributed by atoms with E-state index >= 15 is 0 Å². The Bertz CT molecular complexity index is 1170. The second kappa shape index (κ2) is 9.34. The Hall–Kier alpha value is -4.19. The van der Waals surface area contributed by atoms with E-state index in [2.05, 4.69) is 15.5 Å². The summed E-state index contributed by atoms with van der Waals surface area (Å²) in [6, 6.07) is 26.3. The number of hydrogen-bond acceptors (Lipinski definition) is 5. The summed E-state index contributed by atoms with van der Waals surface area (Å²) >= 11 is 0. The van der Waals surface area contributed by atoms with Crippen LogP contribution in [0.2, 0.25) is 0 Å². The molecule has 1 amide bonds. The highest BCUT2D eigenvalue weighted by atomic mass is 16.5. The Morgan fingerprint density at radius 2 is 1.73 bits per heavy atom. The smallest absolute Gasteiger partial charge is 0.277 e. The lowest BCUT2D eigenvalue weighted by atomic mass is 10.2. The largest absolute Gasteiger partial charge is 0.481 e. The number of hydrogen-bond donors (Lipinski definition) is 1. The molecule has 0 fully saturated rings. The third-order valence-corrected chi connectivity index (χ3v) is 4.19. The molecule has 0 aliphatic rings. The molecular formula is C24H19N3O3. The van der Waals surface area contributed by atoms with Crippen LogP contribution in [0.5, 0.6) is 17.2 Å². The highest BCUT2D eigenvalue weighted by Crippen LogP contribution is 2.23. The first-order chi connectivity index (χ1) is 14.8. The summed E-state index contributed by atoms with van der Waals surface area (Å²) in [6.07, 6.45) is 3.24. The Morgan fingerprint density at radius 3 is 2.63 bits per heavy atom. The zero-order chi connectivity index (χ0) is 20.6. The minimum absolute atomic E-state index is 0.163. The van der Waals surface area contributed by atoms with E-state index < -0.39 is 0 Å². The van der Waals surface area contributed by atoms with Gasteiger partial charge in [-0.15, -0.1) is 0 Å². The van der Waals surface area contributed by atoms with Gasteiger partial charge in [0, 0.05) is 11.6 Å². The van der Waals surface area contributed by atoms with Gasteiger partial charge in [0.05, 0.1) is 6.21 Å². The van der Waals surface area contributed by atoms with Crippen molar-refractivity contribution >= 4 is 23.0 Å². The molecule has 4 aromatic rings. The molecule has 3 aromatic carbocycles. The molecule has 0 bridgehead atoms. The number of hydrazone groups is 1. The van der Waals surface area contributed by atoms with Crippen LogP contribution in [-0.4, -0.2) is 23.7 Å². The summed E-state index contributed by atoms with van der Waals surface area (Å²) in [7, 11) is 0. The lowest BCUT2D eigenvalue weighted by molar-refractivity contribution is -0.123. The SMILES string of the molecule is O=C(COc1cccc2cccnc12)N/N=C\c1cccc(Oc2ccccc2)c1. The molecule has 6 nitrogen and oxygen atoms in total. The molecule has 148 valence electrons. The lowest BCUT2D eigenvalue weighted by Crippen LogP contribution is -2.24. The lowest BCUT2D eigenvalue weighted by Gasteiger charge is -2.07. The van der Waals surface area contributed by atoms with Crippen molar-refractivity contribution in [3.05, 3.63) is 96.7 Å². The molecule has 0 saturated carbocycles. The maximum Gasteiger partial charge on any atom is 0.277 e. The topological polar surface area (TPSA) is 72.8 Å². The van der Waals surface area contributed by atoms with Crippen molar-refractivity contribution in [2.45, 2.75) is 0 Å². The number of nitrogens with zero attached hydrogens (tertiary/aromatic N) is 2. The maximum absolute atomic E-state index is 12.1. The van der Waals surface area contributed by atoms with E-state index in [9.17, 15) is 4.79 Å². The zero-order valence-corrected chi connectivity index (χ0v) is 16.1. The molecule has 30 heavy (non-hydrogen) atoms. The molecule has 6 heteroatoms. The van der Waals surface area contributed by atoms with Gasteiger partial charge in [-0.3, -0.25) is 9.78 Å². The van der Waals surface area contributed by atoms with Gasteiger partial charge in [-0.25, -0.2) is 5.43 Å². The van der Waals surface area contributed by atoms with E-state index in [0.29, 0.717) is 17.0 Å². The Morgan fingerprint density at radius 1 is 0.933 bits per heavy atom. The van der Waals surface area contributed by atoms with E-state index in [1.165, 1.54) is 0 Å². The van der Waals surface area contributed by atoms with E-state index in [1.807, 2.05) is 78.9 Å². The number of nitrogens with one attached hydrogen (secondary N) is 1. The van der Waals surface area contributed by atoms with E-state index in [-0.39, 0.29) is 12.5 Å². The zero-order valence-electron chi connectivity index (χ0n) is 16.1. The van der Waals surface area contributed by atoms with Crippen molar-refractivity contribution in [1.29, 1.82) is 0 Å². The van der Waals surface area contributed by atoms with Gasteiger partial charge in [-0.05, 0) is 42.0 Å². The van der Waals surface area contributed by atoms with Crippen molar-refractivity contribution in [3.63, 3.8) is 0 Å². The number of fused-ring (bicyclic) bond motifs is 1. The number of benzene rings is 3. The predicted octanol–water partition coefficient (Wildman–Crippen LogP) is 4.56. The highest BCUT2D eigenvalue weighted by molar-refractivity contribution is 5.85. The van der Waals surface area contributed by atoms with Gasteiger partial charge in [0.1, 0.15) is 22.8 Å². The van der Waals surface area contributed by atoms with Gasteiger partial charge in [0.25, 0.3) is 5.91 Å². The first kappa shape index (κ1) is 19.1. The van der Waals surface area contributed by atoms with Crippen LogP contribution in [0.1, 0.15) is 5.56 Å². The van der Waals surface area contributed by atoms with E-state index in [0.717, 1.165) is 16.7 Å². The average molecular weight is 397 g/mol. The molecule has 0 saturated heterocycles.